The molecule has 1 aromatic rings. The van der Waals surface area contributed by atoms with Crippen molar-refractivity contribution in [2.75, 3.05) is 13.2 Å². The Labute approximate surface area is 88.3 Å². The van der Waals surface area contributed by atoms with Gasteiger partial charge in [-0.25, -0.2) is 0 Å². The summed E-state index contributed by atoms with van der Waals surface area (Å²) in [7, 11) is 0. The lowest BCUT2D eigenvalue weighted by Gasteiger charge is -2.09. The van der Waals surface area contributed by atoms with Gasteiger partial charge in [-0.2, -0.15) is 0 Å². The van der Waals surface area contributed by atoms with Crippen molar-refractivity contribution in [3.63, 3.8) is 0 Å². The summed E-state index contributed by atoms with van der Waals surface area (Å²) in [5, 5.41) is 0. The molecule has 2 N–H and O–H groups in total. The van der Waals surface area contributed by atoms with Crippen molar-refractivity contribution in [1.82, 2.24) is 0 Å². The van der Waals surface area contributed by atoms with E-state index in [1.165, 1.54) is 0 Å². The molecule has 0 radical (unpaired) electrons. The molecule has 0 atom stereocenters. The Morgan fingerprint density at radius 2 is 1.93 bits per heavy atom. The topological polar surface area (TPSA) is 61.6 Å². The minimum atomic E-state index is -0.520. The van der Waals surface area contributed by atoms with Crippen molar-refractivity contribution >= 4 is 5.91 Å². The van der Waals surface area contributed by atoms with Crippen molar-refractivity contribution in [3.8, 4) is 11.5 Å². The van der Waals surface area contributed by atoms with E-state index in [9.17, 15) is 4.79 Å². The SMILES string of the molecule is C=CCOc1ccccc1OCC(N)=O. The lowest BCUT2D eigenvalue weighted by molar-refractivity contribution is -0.119. The van der Waals surface area contributed by atoms with Gasteiger partial charge in [0.15, 0.2) is 18.1 Å². The molecule has 0 aliphatic carbocycles. The summed E-state index contributed by atoms with van der Waals surface area (Å²) in [5.74, 6) is 0.547. The molecule has 0 unspecified atom stereocenters. The Hall–Kier alpha value is -1.97. The van der Waals surface area contributed by atoms with Crippen LogP contribution in [0.3, 0.4) is 0 Å². The molecular weight excluding hydrogens is 194 g/mol. The number of amides is 1. The van der Waals surface area contributed by atoms with Gasteiger partial charge in [0.2, 0.25) is 0 Å². The molecule has 15 heavy (non-hydrogen) atoms. The minimum Gasteiger partial charge on any atom is -0.486 e. The predicted molar refractivity (Wildman–Crippen MR) is 56.8 cm³/mol. The quantitative estimate of drug-likeness (QED) is 0.711. The van der Waals surface area contributed by atoms with Crippen molar-refractivity contribution in [1.29, 1.82) is 0 Å². The van der Waals surface area contributed by atoms with Gasteiger partial charge in [0.05, 0.1) is 0 Å². The van der Waals surface area contributed by atoms with Crippen LogP contribution < -0.4 is 15.2 Å². The van der Waals surface area contributed by atoms with E-state index in [1.54, 1.807) is 24.3 Å². The van der Waals surface area contributed by atoms with Crippen molar-refractivity contribution in [2.24, 2.45) is 5.73 Å². The monoisotopic (exact) mass is 207 g/mol. The second kappa shape index (κ2) is 5.70. The second-order valence-corrected chi connectivity index (χ2v) is 2.80. The zero-order valence-corrected chi connectivity index (χ0v) is 8.31. The summed E-state index contributed by atoms with van der Waals surface area (Å²) in [4.78, 5) is 10.5. The number of rotatable bonds is 6. The highest BCUT2D eigenvalue weighted by molar-refractivity contribution is 5.75. The third-order valence-electron chi connectivity index (χ3n) is 1.58. The van der Waals surface area contributed by atoms with Crippen molar-refractivity contribution in [2.45, 2.75) is 0 Å². The third kappa shape index (κ3) is 3.72. The first-order valence-electron chi connectivity index (χ1n) is 4.48. The van der Waals surface area contributed by atoms with Crippen LogP contribution in [0, 0.1) is 0 Å². The normalized spacial score (nSPS) is 9.33. The Bertz CT molecular complexity index is 349. The van der Waals surface area contributed by atoms with E-state index >= 15 is 0 Å². The number of carbonyl (C=O) groups excluding carboxylic acids is 1. The number of para-hydroxylation sites is 2. The fourth-order valence-corrected chi connectivity index (χ4v) is 0.986. The maximum atomic E-state index is 10.5. The molecule has 1 rings (SSSR count). The lowest BCUT2D eigenvalue weighted by atomic mass is 10.3. The van der Waals surface area contributed by atoms with Gasteiger partial charge in [0.25, 0.3) is 5.91 Å². The average Bonchev–Trinajstić information content (AvgIpc) is 2.24. The molecule has 80 valence electrons. The number of ether oxygens (including phenoxy) is 2. The van der Waals surface area contributed by atoms with Crippen LogP contribution in [0.5, 0.6) is 11.5 Å². The molecule has 0 fully saturated rings. The number of carbonyl (C=O) groups is 1. The largest absolute Gasteiger partial charge is 0.486 e. The molecule has 0 spiro atoms. The summed E-state index contributed by atoms with van der Waals surface area (Å²) in [6.45, 7) is 3.77. The van der Waals surface area contributed by atoms with Crippen LogP contribution in [-0.4, -0.2) is 19.1 Å². The van der Waals surface area contributed by atoms with Gasteiger partial charge < -0.3 is 15.2 Å². The minimum absolute atomic E-state index is 0.158. The Morgan fingerprint density at radius 1 is 1.33 bits per heavy atom. The maximum absolute atomic E-state index is 10.5. The summed E-state index contributed by atoms with van der Waals surface area (Å²) >= 11 is 0. The highest BCUT2D eigenvalue weighted by atomic mass is 16.5. The molecular formula is C11H13NO3. The van der Waals surface area contributed by atoms with E-state index in [0.29, 0.717) is 18.1 Å². The van der Waals surface area contributed by atoms with E-state index in [2.05, 4.69) is 6.58 Å². The van der Waals surface area contributed by atoms with E-state index in [0.717, 1.165) is 0 Å². The van der Waals surface area contributed by atoms with Crippen LogP contribution in [0.1, 0.15) is 0 Å². The summed E-state index contributed by atoms with van der Waals surface area (Å²) in [6.07, 6.45) is 1.63. The Balaban J connectivity index is 2.67. The van der Waals surface area contributed by atoms with Crippen LogP contribution in [0.25, 0.3) is 0 Å². The molecule has 0 saturated carbocycles. The highest BCUT2D eigenvalue weighted by Gasteiger charge is 2.04. The first-order valence-corrected chi connectivity index (χ1v) is 4.48. The molecule has 0 aliphatic rings. The van der Waals surface area contributed by atoms with Crippen LogP contribution >= 0.6 is 0 Å². The molecule has 4 heteroatoms. The highest BCUT2D eigenvalue weighted by Crippen LogP contribution is 2.26. The molecule has 1 amide bonds. The molecule has 0 aliphatic heterocycles. The first kappa shape index (κ1) is 11.1. The standard InChI is InChI=1S/C11H13NO3/c1-2-7-14-9-5-3-4-6-10(9)15-8-11(12)13/h2-6H,1,7-8H2,(H2,12,13). The lowest BCUT2D eigenvalue weighted by Crippen LogP contribution is -2.20. The summed E-state index contributed by atoms with van der Waals surface area (Å²) < 4.78 is 10.5. The smallest absolute Gasteiger partial charge is 0.255 e. The Morgan fingerprint density at radius 3 is 2.47 bits per heavy atom. The predicted octanol–water partition coefficient (Wildman–Crippen LogP) is 1.12. The molecule has 0 aromatic heterocycles. The molecule has 4 nitrogen and oxygen atoms in total. The van der Waals surface area contributed by atoms with Crippen molar-refractivity contribution < 1.29 is 14.3 Å². The van der Waals surface area contributed by atoms with Gasteiger partial charge in [-0.3, -0.25) is 4.79 Å². The number of primary amides is 1. The zero-order chi connectivity index (χ0) is 11.1. The summed E-state index contributed by atoms with van der Waals surface area (Å²) in [6, 6.07) is 7.06. The van der Waals surface area contributed by atoms with Crippen molar-refractivity contribution in [3.05, 3.63) is 36.9 Å². The molecule has 1 aromatic carbocycles. The van der Waals surface area contributed by atoms with E-state index in [1.807, 2.05) is 6.07 Å². The second-order valence-electron chi connectivity index (χ2n) is 2.80. The zero-order valence-electron chi connectivity index (χ0n) is 8.31. The van der Waals surface area contributed by atoms with E-state index in [4.69, 9.17) is 15.2 Å². The van der Waals surface area contributed by atoms with Crippen LogP contribution in [0.2, 0.25) is 0 Å². The van der Waals surface area contributed by atoms with Crippen LogP contribution in [0.4, 0.5) is 0 Å². The fraction of sp³-hybridized carbons (Fsp3) is 0.182. The molecule has 0 saturated heterocycles. The van der Waals surface area contributed by atoms with Crippen LogP contribution in [-0.2, 0) is 4.79 Å². The maximum Gasteiger partial charge on any atom is 0.255 e. The Kier molecular flexibility index (Phi) is 4.22. The van der Waals surface area contributed by atoms with E-state index in [-0.39, 0.29) is 6.61 Å². The number of nitrogens with two attached hydrogens (primary N) is 1. The van der Waals surface area contributed by atoms with Gasteiger partial charge in [0, 0.05) is 0 Å². The summed E-state index contributed by atoms with van der Waals surface area (Å²) in [5.41, 5.74) is 4.97. The number of benzene rings is 1. The van der Waals surface area contributed by atoms with Gasteiger partial charge >= 0.3 is 0 Å². The number of hydrogen-bond acceptors (Lipinski definition) is 3. The van der Waals surface area contributed by atoms with Crippen LogP contribution in [0.15, 0.2) is 36.9 Å². The van der Waals surface area contributed by atoms with E-state index < -0.39 is 5.91 Å². The van der Waals surface area contributed by atoms with Gasteiger partial charge in [-0.05, 0) is 12.1 Å². The molecule has 0 heterocycles. The average molecular weight is 207 g/mol. The van der Waals surface area contributed by atoms with Gasteiger partial charge in [0.1, 0.15) is 6.61 Å². The number of hydrogen-bond donors (Lipinski definition) is 1. The van der Waals surface area contributed by atoms with Gasteiger partial charge in [-0.1, -0.05) is 24.8 Å². The third-order valence-corrected chi connectivity index (χ3v) is 1.58. The molecule has 0 bridgehead atoms. The first-order chi connectivity index (χ1) is 7.24. The van der Waals surface area contributed by atoms with Gasteiger partial charge in [-0.15, -0.1) is 0 Å². The fourth-order valence-electron chi connectivity index (χ4n) is 0.986.